The number of para-hydroxylation sites is 2. The van der Waals surface area contributed by atoms with Gasteiger partial charge in [0.25, 0.3) is 0 Å². The molecule has 0 fully saturated rings. The summed E-state index contributed by atoms with van der Waals surface area (Å²) in [5.74, 6) is 0.993. The Morgan fingerprint density at radius 2 is 0.895 bits per heavy atom. The van der Waals surface area contributed by atoms with Gasteiger partial charge in [0, 0.05) is 0 Å². The summed E-state index contributed by atoms with van der Waals surface area (Å²) in [6.07, 6.45) is 0. The van der Waals surface area contributed by atoms with E-state index >= 15 is 0 Å². The van der Waals surface area contributed by atoms with Crippen LogP contribution in [0.4, 0.5) is 0 Å². The predicted molar refractivity (Wildman–Crippen MR) is 152 cm³/mol. The number of hydrogen-bond donors (Lipinski definition) is 0. The first-order valence-electron chi connectivity index (χ1n) is 12.2. The van der Waals surface area contributed by atoms with Crippen LogP contribution < -0.4 is 9.47 Å². The van der Waals surface area contributed by atoms with Crippen molar-refractivity contribution in [3.63, 3.8) is 0 Å². The van der Waals surface area contributed by atoms with Crippen LogP contribution in [0.3, 0.4) is 0 Å². The highest BCUT2D eigenvalue weighted by Crippen LogP contribution is 2.33. The van der Waals surface area contributed by atoms with Gasteiger partial charge in [0.2, 0.25) is 0 Å². The lowest BCUT2D eigenvalue weighted by Crippen LogP contribution is -2.08. The van der Waals surface area contributed by atoms with E-state index in [0.29, 0.717) is 31.1 Å². The summed E-state index contributed by atoms with van der Waals surface area (Å²) >= 11 is 0. The summed E-state index contributed by atoms with van der Waals surface area (Å²) in [4.78, 5) is 2.15. The number of nitrogens with zero attached hydrogens (tertiary/aromatic N) is 2. The Kier molecular flexibility index (Phi) is 8.54. The van der Waals surface area contributed by atoms with E-state index in [1.165, 1.54) is 0 Å². The lowest BCUT2D eigenvalue weighted by Gasteiger charge is -2.16. The van der Waals surface area contributed by atoms with E-state index < -0.39 is 19.5 Å². The van der Waals surface area contributed by atoms with Gasteiger partial charge in [-0.2, -0.15) is 0 Å². The summed E-state index contributed by atoms with van der Waals surface area (Å²) in [5.41, 5.74) is 2.11. The highest BCUT2D eigenvalue weighted by atomic mass is 32.2. The van der Waals surface area contributed by atoms with Gasteiger partial charge in [-0.3, -0.25) is 0 Å². The lowest BCUT2D eigenvalue weighted by molar-refractivity contribution is 0.403. The van der Waals surface area contributed by atoms with Gasteiger partial charge in [-0.1, -0.05) is 59.7 Å². The van der Waals surface area contributed by atoms with Crippen molar-refractivity contribution in [2.75, 3.05) is 27.3 Å². The number of aryl methyl sites for hydroxylation is 2. The summed E-state index contributed by atoms with van der Waals surface area (Å²) < 4.78 is 49.4. The van der Waals surface area contributed by atoms with Gasteiger partial charge < -0.3 is 9.47 Å². The van der Waals surface area contributed by atoms with E-state index in [0.717, 1.165) is 11.1 Å². The smallest absolute Gasteiger partial charge is 0.136 e. The van der Waals surface area contributed by atoms with Crippen molar-refractivity contribution < 1.29 is 17.9 Å². The molecule has 0 aliphatic rings. The van der Waals surface area contributed by atoms with Crippen LogP contribution in [0.15, 0.2) is 125 Å². The topological polar surface area (TPSA) is 77.3 Å². The van der Waals surface area contributed by atoms with Crippen molar-refractivity contribution in [3.8, 4) is 11.5 Å². The molecular formula is C30H32N2O4S2. The van der Waals surface area contributed by atoms with E-state index in [-0.39, 0.29) is 13.1 Å². The molecular weight excluding hydrogens is 516 g/mol. The zero-order valence-corrected chi connectivity index (χ0v) is 23.6. The Hall–Kier alpha value is -3.62. The monoisotopic (exact) mass is 548 g/mol. The van der Waals surface area contributed by atoms with Gasteiger partial charge in [0.15, 0.2) is 0 Å². The van der Waals surface area contributed by atoms with Crippen LogP contribution in [0.1, 0.15) is 11.1 Å². The number of ether oxygens (including phenoxy) is 2. The van der Waals surface area contributed by atoms with Crippen molar-refractivity contribution in [2.45, 2.75) is 33.4 Å². The Balaban J connectivity index is 1.82. The molecule has 0 heterocycles. The van der Waals surface area contributed by atoms with Crippen molar-refractivity contribution in [3.05, 3.63) is 108 Å². The molecule has 6 nitrogen and oxygen atoms in total. The van der Waals surface area contributed by atoms with Crippen LogP contribution in [0.2, 0.25) is 0 Å². The minimum atomic E-state index is -3.05. The highest BCUT2D eigenvalue weighted by Gasteiger charge is 2.22. The predicted octanol–water partition coefficient (Wildman–Crippen LogP) is 6.79. The van der Waals surface area contributed by atoms with Crippen molar-refractivity contribution >= 4 is 19.5 Å². The fourth-order valence-corrected chi connectivity index (χ4v) is 8.17. The summed E-state index contributed by atoms with van der Waals surface area (Å²) in [6.45, 7) is 4.15. The molecule has 2 unspecified atom stereocenters. The van der Waals surface area contributed by atoms with E-state index in [1.807, 2.05) is 86.6 Å². The van der Waals surface area contributed by atoms with Crippen molar-refractivity contribution in [1.29, 1.82) is 0 Å². The third-order valence-corrected chi connectivity index (χ3v) is 10.8. The molecule has 4 aromatic carbocycles. The maximum Gasteiger partial charge on any atom is 0.136 e. The molecule has 2 atom stereocenters. The largest absolute Gasteiger partial charge is 0.495 e. The molecule has 4 aromatic rings. The van der Waals surface area contributed by atoms with E-state index in [9.17, 15) is 8.42 Å². The third kappa shape index (κ3) is 5.61. The molecule has 0 aliphatic carbocycles. The van der Waals surface area contributed by atoms with Crippen LogP contribution in [0.5, 0.6) is 11.5 Å². The van der Waals surface area contributed by atoms with E-state index in [1.54, 1.807) is 38.5 Å². The molecule has 0 saturated heterocycles. The number of rotatable bonds is 9. The average molecular weight is 549 g/mol. The number of hydrogen-bond acceptors (Lipinski definition) is 6. The highest BCUT2D eigenvalue weighted by molar-refractivity contribution is 7.94. The van der Waals surface area contributed by atoms with E-state index in [2.05, 4.69) is 8.73 Å². The summed E-state index contributed by atoms with van der Waals surface area (Å²) in [6, 6.07) is 29.3. The first-order chi connectivity index (χ1) is 18.3. The zero-order chi connectivity index (χ0) is 27.2. The van der Waals surface area contributed by atoms with Crippen LogP contribution in [0.25, 0.3) is 0 Å². The molecule has 0 aromatic heterocycles. The Morgan fingerprint density at radius 1 is 0.553 bits per heavy atom. The molecule has 0 amide bonds. The van der Waals surface area contributed by atoms with Crippen molar-refractivity contribution in [2.24, 2.45) is 8.73 Å². The fourth-order valence-electron chi connectivity index (χ4n) is 4.02. The quantitative estimate of drug-likeness (QED) is 0.216. The standard InChI is InChI=1S/C30H32N2O4S2/c1-23-13-17-25(18-14-23)37(33,29-11-7-5-9-27(29)35-3)31-21-22-32-38(34,26-19-15-24(2)16-20-26)30-12-8-6-10-28(30)36-4/h5-20H,21-22H2,1-4H3. The molecule has 0 N–H and O–H groups in total. The van der Waals surface area contributed by atoms with Gasteiger partial charge in [-0.05, 0) is 62.4 Å². The third-order valence-electron chi connectivity index (χ3n) is 6.06. The minimum absolute atomic E-state index is 0.1000. The first-order valence-corrected chi connectivity index (χ1v) is 15.2. The van der Waals surface area contributed by atoms with Gasteiger partial charge in [-0.25, -0.2) is 17.1 Å². The number of methoxy groups -OCH3 is 2. The molecule has 0 spiro atoms. The maximum atomic E-state index is 14.5. The molecule has 4 rings (SSSR count). The van der Waals surface area contributed by atoms with Gasteiger partial charge in [0.05, 0.1) is 46.9 Å². The fraction of sp³-hybridized carbons (Fsp3) is 0.200. The van der Waals surface area contributed by atoms with Crippen LogP contribution in [0, 0.1) is 13.8 Å². The average Bonchev–Trinajstić information content (AvgIpc) is 2.95. The Labute approximate surface area is 226 Å². The second kappa shape index (κ2) is 11.8. The molecule has 198 valence electrons. The van der Waals surface area contributed by atoms with Gasteiger partial charge >= 0.3 is 0 Å². The molecule has 0 bridgehead atoms. The number of benzene rings is 4. The second-order valence-corrected chi connectivity index (χ2v) is 13.1. The van der Waals surface area contributed by atoms with Gasteiger partial charge in [0.1, 0.15) is 31.0 Å². The molecule has 0 saturated carbocycles. The Morgan fingerprint density at radius 3 is 1.24 bits per heavy atom. The van der Waals surface area contributed by atoms with Crippen LogP contribution in [-0.2, 0) is 19.5 Å². The minimum Gasteiger partial charge on any atom is -0.495 e. The van der Waals surface area contributed by atoms with Crippen LogP contribution in [-0.4, -0.2) is 35.7 Å². The van der Waals surface area contributed by atoms with Crippen LogP contribution >= 0.6 is 0 Å². The molecule has 0 radical (unpaired) electrons. The normalized spacial score (nSPS) is 14.1. The SMILES string of the molecule is COc1ccccc1S(=O)(=NCCN=S(=O)(c1ccc(C)cc1)c1ccccc1OC)c1ccc(C)cc1. The Bertz CT molecular complexity index is 1520. The first kappa shape index (κ1) is 27.4. The maximum absolute atomic E-state index is 14.5. The van der Waals surface area contributed by atoms with E-state index in [4.69, 9.17) is 9.47 Å². The molecule has 38 heavy (non-hydrogen) atoms. The molecule has 8 heteroatoms. The second-order valence-electron chi connectivity index (χ2n) is 8.68. The van der Waals surface area contributed by atoms with Gasteiger partial charge in [-0.15, -0.1) is 0 Å². The summed E-state index contributed by atoms with van der Waals surface area (Å²) in [7, 11) is -3.00. The summed E-state index contributed by atoms with van der Waals surface area (Å²) in [5, 5.41) is 0. The molecule has 0 aliphatic heterocycles. The zero-order valence-electron chi connectivity index (χ0n) is 22.0. The lowest BCUT2D eigenvalue weighted by atomic mass is 10.2. The van der Waals surface area contributed by atoms with Crippen molar-refractivity contribution in [1.82, 2.24) is 0 Å².